The molecule has 2 fully saturated rings. The van der Waals surface area contributed by atoms with E-state index in [1.54, 1.807) is 0 Å². The first-order valence-electron chi connectivity index (χ1n) is 16.9. The van der Waals surface area contributed by atoms with Gasteiger partial charge in [-0.05, 0) is 101 Å². The van der Waals surface area contributed by atoms with Crippen LogP contribution < -0.4 is 4.90 Å². The van der Waals surface area contributed by atoms with Gasteiger partial charge in [-0.3, -0.25) is 4.90 Å². The Balaban J connectivity index is 0.000000171. The molecule has 0 amide bonds. The van der Waals surface area contributed by atoms with Crippen molar-refractivity contribution in [2.24, 2.45) is 5.92 Å². The Hall–Kier alpha value is -2.31. The number of hydrogen-bond donors (Lipinski definition) is 1. The van der Waals surface area contributed by atoms with E-state index in [2.05, 4.69) is 108 Å². The Morgan fingerprint density at radius 2 is 1.35 bits per heavy atom. The third kappa shape index (κ3) is 7.86. The van der Waals surface area contributed by atoms with E-state index in [1.165, 1.54) is 79.2 Å². The zero-order valence-corrected chi connectivity index (χ0v) is 27.6. The molecule has 3 aliphatic rings. The molecular formula is C38H53N3OS. The number of rotatable bonds is 10. The van der Waals surface area contributed by atoms with Crippen molar-refractivity contribution in [3.05, 3.63) is 84.4 Å². The minimum Gasteiger partial charge on any atom is -0.385 e. The second-order valence-corrected chi connectivity index (χ2v) is 13.7. The molecule has 1 aliphatic carbocycles. The van der Waals surface area contributed by atoms with Gasteiger partial charge in [0.2, 0.25) is 0 Å². The average molecular weight is 600 g/mol. The molecule has 0 radical (unpaired) electrons. The molecule has 2 unspecified atom stereocenters. The van der Waals surface area contributed by atoms with Crippen molar-refractivity contribution in [3.63, 3.8) is 0 Å². The van der Waals surface area contributed by atoms with E-state index in [0.717, 1.165) is 38.2 Å². The molecule has 6 rings (SSSR count). The highest BCUT2D eigenvalue weighted by molar-refractivity contribution is 7.99. The summed E-state index contributed by atoms with van der Waals surface area (Å²) in [7, 11) is 0. The molecule has 5 heteroatoms. The summed E-state index contributed by atoms with van der Waals surface area (Å²) in [6, 6.07) is 28.4. The van der Waals surface area contributed by atoms with Crippen LogP contribution in [0.2, 0.25) is 0 Å². The molecule has 2 aliphatic heterocycles. The first kappa shape index (κ1) is 32.1. The molecule has 0 aromatic heterocycles. The molecule has 4 nitrogen and oxygen atoms in total. The fraction of sp³-hybridized carbons (Fsp3) is 0.526. The van der Waals surface area contributed by atoms with Gasteiger partial charge in [0, 0.05) is 28.9 Å². The van der Waals surface area contributed by atoms with Gasteiger partial charge in [-0.15, -0.1) is 0 Å². The monoisotopic (exact) mass is 599 g/mol. The molecule has 1 saturated carbocycles. The first-order chi connectivity index (χ1) is 21.0. The Morgan fingerprint density at radius 3 is 1.93 bits per heavy atom. The lowest BCUT2D eigenvalue weighted by molar-refractivity contribution is -0.0510. The molecular weight excluding hydrogens is 547 g/mol. The maximum Gasteiger partial charge on any atom is 0.0936 e. The van der Waals surface area contributed by atoms with Crippen LogP contribution in [0.4, 0.5) is 11.4 Å². The number of para-hydroxylation sites is 2. The number of nitrogens with zero attached hydrogens (tertiary/aromatic N) is 3. The van der Waals surface area contributed by atoms with Gasteiger partial charge >= 0.3 is 0 Å². The van der Waals surface area contributed by atoms with Crippen LogP contribution in [0, 0.1) is 5.92 Å². The highest BCUT2D eigenvalue weighted by Crippen LogP contribution is 2.48. The van der Waals surface area contributed by atoms with Gasteiger partial charge < -0.3 is 14.9 Å². The van der Waals surface area contributed by atoms with Gasteiger partial charge in [0.25, 0.3) is 0 Å². The van der Waals surface area contributed by atoms with Crippen LogP contribution in [0.3, 0.4) is 0 Å². The van der Waals surface area contributed by atoms with Crippen LogP contribution in [0.5, 0.6) is 0 Å². The van der Waals surface area contributed by atoms with Crippen LogP contribution in [-0.4, -0.2) is 60.2 Å². The van der Waals surface area contributed by atoms with E-state index in [1.807, 2.05) is 17.8 Å². The van der Waals surface area contributed by atoms with Crippen molar-refractivity contribution >= 4 is 23.1 Å². The van der Waals surface area contributed by atoms with E-state index in [0.29, 0.717) is 12.0 Å². The van der Waals surface area contributed by atoms with Crippen molar-refractivity contribution in [2.75, 3.05) is 44.2 Å². The van der Waals surface area contributed by atoms with Crippen molar-refractivity contribution in [2.45, 2.75) is 93.6 Å². The summed E-state index contributed by atoms with van der Waals surface area (Å²) in [4.78, 5) is 10.2. The zero-order valence-electron chi connectivity index (χ0n) is 26.8. The number of benzene rings is 3. The molecule has 43 heavy (non-hydrogen) atoms. The number of likely N-dealkylation sites (N-methyl/N-ethyl adjacent to an activating group) is 1. The van der Waals surface area contributed by atoms with Gasteiger partial charge in [-0.2, -0.15) is 0 Å². The van der Waals surface area contributed by atoms with E-state index in [4.69, 9.17) is 0 Å². The third-order valence-electron chi connectivity index (χ3n) is 9.98. The van der Waals surface area contributed by atoms with Gasteiger partial charge in [0.05, 0.1) is 17.0 Å². The van der Waals surface area contributed by atoms with Gasteiger partial charge in [0.15, 0.2) is 0 Å². The summed E-state index contributed by atoms with van der Waals surface area (Å²) in [6.45, 7) is 13.5. The van der Waals surface area contributed by atoms with Crippen LogP contribution in [-0.2, 0) is 5.60 Å². The van der Waals surface area contributed by atoms with Crippen LogP contribution in [0.15, 0.2) is 88.7 Å². The highest BCUT2D eigenvalue weighted by Gasteiger charge is 2.39. The zero-order chi connectivity index (χ0) is 30.1. The second-order valence-electron chi connectivity index (χ2n) is 12.6. The average Bonchev–Trinajstić information content (AvgIpc) is 3.59. The topological polar surface area (TPSA) is 30.0 Å². The molecule has 2 atom stereocenters. The predicted molar refractivity (Wildman–Crippen MR) is 184 cm³/mol. The Kier molecular flexibility index (Phi) is 11.7. The smallest absolute Gasteiger partial charge is 0.0936 e. The molecule has 232 valence electrons. The summed E-state index contributed by atoms with van der Waals surface area (Å²) in [6.07, 6.45) is 9.82. The number of fused-ring (bicyclic) bond motifs is 2. The summed E-state index contributed by atoms with van der Waals surface area (Å²) in [5.74, 6) is 0.441. The summed E-state index contributed by atoms with van der Waals surface area (Å²) < 4.78 is 0. The number of anilines is 2. The molecule has 3 aromatic rings. The molecule has 1 saturated heterocycles. The van der Waals surface area contributed by atoms with E-state index >= 15 is 0 Å². The standard InChI is InChI=1S/C19H24N2S.C19H29NO/c1-4-20(5-2)15(3)14-21-16-10-6-8-12-18(16)22-19-13-9-7-11-17(19)21;21-19(17-9-3-1-4-10-17,18-11-5-2-6-12-18)13-16-20-14-7-8-15-20/h6-13,15H,4-5,14H2,1-3H3;1,3-4,9-10,18,21H,2,5-8,11-16H2. The Morgan fingerprint density at radius 1 is 0.791 bits per heavy atom. The molecule has 0 bridgehead atoms. The lowest BCUT2D eigenvalue weighted by Gasteiger charge is -2.40. The first-order valence-corrected chi connectivity index (χ1v) is 17.7. The second kappa shape index (κ2) is 15.6. The fourth-order valence-corrected chi connectivity index (χ4v) is 8.53. The molecule has 2 heterocycles. The number of hydrogen-bond acceptors (Lipinski definition) is 5. The van der Waals surface area contributed by atoms with Gasteiger partial charge in [0.1, 0.15) is 0 Å². The maximum atomic E-state index is 11.5. The van der Waals surface area contributed by atoms with Crippen LogP contribution in [0.1, 0.15) is 77.7 Å². The minimum absolute atomic E-state index is 0.441. The Bertz CT molecular complexity index is 1210. The maximum absolute atomic E-state index is 11.5. The molecule has 1 N–H and O–H groups in total. The lowest BCUT2D eigenvalue weighted by atomic mass is 9.71. The lowest BCUT2D eigenvalue weighted by Crippen LogP contribution is -2.41. The van der Waals surface area contributed by atoms with Crippen molar-refractivity contribution in [3.8, 4) is 0 Å². The Labute approximate surface area is 265 Å². The van der Waals surface area contributed by atoms with Crippen molar-refractivity contribution in [1.29, 1.82) is 0 Å². The van der Waals surface area contributed by atoms with Crippen LogP contribution in [0.25, 0.3) is 0 Å². The molecule has 3 aromatic carbocycles. The largest absolute Gasteiger partial charge is 0.385 e. The highest BCUT2D eigenvalue weighted by atomic mass is 32.2. The van der Waals surface area contributed by atoms with Crippen molar-refractivity contribution < 1.29 is 5.11 Å². The van der Waals surface area contributed by atoms with Crippen molar-refractivity contribution in [1.82, 2.24) is 9.80 Å². The van der Waals surface area contributed by atoms with Gasteiger partial charge in [-0.1, -0.05) is 99.5 Å². The predicted octanol–water partition coefficient (Wildman–Crippen LogP) is 8.96. The summed E-state index contributed by atoms with van der Waals surface area (Å²) in [5.41, 5.74) is 3.19. The normalized spacial score (nSPS) is 19.2. The quantitative estimate of drug-likeness (QED) is 0.251. The SMILES string of the molecule is CCN(CC)C(C)CN1c2ccccc2Sc2ccccc21.OC(CCN1CCCC1)(c1ccccc1)C1CCCCC1. The van der Waals surface area contributed by atoms with E-state index < -0.39 is 5.60 Å². The summed E-state index contributed by atoms with van der Waals surface area (Å²) in [5, 5.41) is 11.5. The number of likely N-dealkylation sites (tertiary alicyclic amines) is 1. The number of aliphatic hydroxyl groups is 1. The molecule has 0 spiro atoms. The minimum atomic E-state index is -0.621. The van der Waals surface area contributed by atoms with E-state index in [9.17, 15) is 5.11 Å². The van der Waals surface area contributed by atoms with Gasteiger partial charge in [-0.25, -0.2) is 0 Å². The summed E-state index contributed by atoms with van der Waals surface area (Å²) >= 11 is 1.88. The van der Waals surface area contributed by atoms with E-state index in [-0.39, 0.29) is 0 Å². The fourth-order valence-electron chi connectivity index (χ4n) is 7.43. The third-order valence-corrected chi connectivity index (χ3v) is 11.1. The van der Waals surface area contributed by atoms with Crippen LogP contribution >= 0.6 is 11.8 Å².